The van der Waals surface area contributed by atoms with E-state index in [1.165, 1.54) is 16.4 Å². The molecule has 2 aromatic heterocycles. The lowest BCUT2D eigenvalue weighted by Crippen LogP contribution is -2.40. The Balaban J connectivity index is 1.48. The molecule has 0 aliphatic carbocycles. The maximum atomic E-state index is 13.3. The summed E-state index contributed by atoms with van der Waals surface area (Å²) in [6.45, 7) is 1.34. The molecule has 8 nitrogen and oxygen atoms in total. The van der Waals surface area contributed by atoms with Crippen LogP contribution in [0.4, 0.5) is 5.69 Å². The van der Waals surface area contributed by atoms with E-state index in [1.807, 2.05) is 36.4 Å². The minimum Gasteiger partial charge on any atom is -0.379 e. The Kier molecular flexibility index (Phi) is 6.06. The van der Waals surface area contributed by atoms with Crippen LogP contribution in [0.25, 0.3) is 22.2 Å². The number of benzene rings is 2. The molecule has 172 valence electrons. The number of hydrogen-bond acceptors (Lipinski definition) is 6. The Labute approximate surface area is 197 Å². The van der Waals surface area contributed by atoms with Gasteiger partial charge in [0.2, 0.25) is 10.0 Å². The molecule has 5 rings (SSSR count). The maximum Gasteiger partial charge on any atom is 0.256 e. The van der Waals surface area contributed by atoms with Crippen LogP contribution >= 0.6 is 0 Å². The summed E-state index contributed by atoms with van der Waals surface area (Å²) in [4.78, 5) is 22.3. The van der Waals surface area contributed by atoms with Crippen LogP contribution in [0.1, 0.15) is 10.4 Å². The topological polar surface area (TPSA) is 101 Å². The van der Waals surface area contributed by atoms with Gasteiger partial charge in [0.1, 0.15) is 0 Å². The highest BCUT2D eigenvalue weighted by molar-refractivity contribution is 7.89. The zero-order valence-corrected chi connectivity index (χ0v) is 19.0. The Morgan fingerprint density at radius 1 is 0.971 bits per heavy atom. The van der Waals surface area contributed by atoms with Gasteiger partial charge in [0.15, 0.2) is 0 Å². The molecule has 0 unspecified atom stereocenters. The van der Waals surface area contributed by atoms with Crippen LogP contribution in [0, 0.1) is 0 Å². The van der Waals surface area contributed by atoms with Crippen LogP contribution in [0.5, 0.6) is 0 Å². The molecule has 1 fully saturated rings. The van der Waals surface area contributed by atoms with Crippen LogP contribution in [-0.2, 0) is 14.8 Å². The van der Waals surface area contributed by atoms with Crippen LogP contribution in [-0.4, -0.2) is 54.9 Å². The summed E-state index contributed by atoms with van der Waals surface area (Å²) >= 11 is 0. The number of fused-ring (bicyclic) bond motifs is 1. The third-order valence-electron chi connectivity index (χ3n) is 5.62. The van der Waals surface area contributed by atoms with E-state index in [9.17, 15) is 13.2 Å². The van der Waals surface area contributed by atoms with Crippen molar-refractivity contribution < 1.29 is 17.9 Å². The van der Waals surface area contributed by atoms with E-state index >= 15 is 0 Å². The normalized spacial score (nSPS) is 14.7. The van der Waals surface area contributed by atoms with Gasteiger partial charge in [0.05, 0.1) is 34.9 Å². The molecule has 3 heterocycles. The number of pyridine rings is 2. The molecule has 1 saturated heterocycles. The van der Waals surface area contributed by atoms with E-state index in [4.69, 9.17) is 4.74 Å². The Morgan fingerprint density at radius 3 is 2.59 bits per heavy atom. The number of morpholine rings is 1. The molecule has 1 amide bonds. The van der Waals surface area contributed by atoms with Gasteiger partial charge in [-0.2, -0.15) is 4.31 Å². The highest BCUT2D eigenvalue weighted by Crippen LogP contribution is 2.26. The molecule has 4 aromatic rings. The Morgan fingerprint density at radius 2 is 1.79 bits per heavy atom. The molecule has 1 N–H and O–H groups in total. The molecule has 1 aliphatic rings. The first-order valence-electron chi connectivity index (χ1n) is 10.8. The van der Waals surface area contributed by atoms with Gasteiger partial charge in [-0.1, -0.05) is 24.3 Å². The first-order valence-corrected chi connectivity index (χ1v) is 12.3. The third-order valence-corrected chi connectivity index (χ3v) is 7.51. The minimum absolute atomic E-state index is 0.128. The van der Waals surface area contributed by atoms with Crippen molar-refractivity contribution >= 4 is 32.5 Å². The largest absolute Gasteiger partial charge is 0.379 e. The van der Waals surface area contributed by atoms with Crippen molar-refractivity contribution in [3.63, 3.8) is 0 Å². The number of carbonyl (C=O) groups excluding carboxylic acids is 1. The molecular formula is C25H22N4O4S. The third kappa shape index (κ3) is 4.41. The number of carbonyl (C=O) groups is 1. The molecule has 0 bridgehead atoms. The summed E-state index contributed by atoms with van der Waals surface area (Å²) in [6, 6.07) is 19.1. The number of hydrogen-bond donors (Lipinski definition) is 1. The van der Waals surface area contributed by atoms with E-state index < -0.39 is 10.0 Å². The average Bonchev–Trinajstić information content (AvgIpc) is 2.89. The van der Waals surface area contributed by atoms with Gasteiger partial charge in [-0.3, -0.25) is 9.78 Å². The molecule has 0 atom stereocenters. The van der Waals surface area contributed by atoms with Crippen LogP contribution < -0.4 is 5.32 Å². The monoisotopic (exact) mass is 474 g/mol. The average molecular weight is 475 g/mol. The van der Waals surface area contributed by atoms with Crippen molar-refractivity contribution in [2.24, 2.45) is 0 Å². The number of ether oxygens (including phenoxy) is 1. The van der Waals surface area contributed by atoms with Gasteiger partial charge in [0, 0.05) is 42.1 Å². The smallest absolute Gasteiger partial charge is 0.256 e. The lowest BCUT2D eigenvalue weighted by atomic mass is 10.0. The number of sulfonamides is 1. The predicted octanol–water partition coefficient (Wildman–Crippen LogP) is 3.57. The summed E-state index contributed by atoms with van der Waals surface area (Å²) in [6.07, 6.45) is 3.37. The number of anilines is 1. The Bertz CT molecular complexity index is 1450. The first-order chi connectivity index (χ1) is 16.5. The second-order valence-corrected chi connectivity index (χ2v) is 9.75. The van der Waals surface area contributed by atoms with Gasteiger partial charge in [-0.25, -0.2) is 13.4 Å². The summed E-state index contributed by atoms with van der Waals surface area (Å²) in [5.41, 5.74) is 2.92. The number of rotatable bonds is 5. The number of nitrogens with zero attached hydrogens (tertiary/aromatic N) is 3. The fourth-order valence-electron chi connectivity index (χ4n) is 3.89. The standard InChI is InChI=1S/C25H22N4O4S/c30-25(27-19-6-3-7-20(15-19)34(31,32)29-11-13-33-14-12-29)22-16-24(18-5-4-10-26-17-18)28-23-9-2-1-8-21(22)23/h1-10,15-17H,11-14H2,(H,27,30). The zero-order valence-electron chi connectivity index (χ0n) is 18.2. The van der Waals surface area contributed by atoms with Gasteiger partial charge in [-0.15, -0.1) is 0 Å². The Hall–Kier alpha value is -3.66. The van der Waals surface area contributed by atoms with Gasteiger partial charge in [0.25, 0.3) is 5.91 Å². The number of amides is 1. The van der Waals surface area contributed by atoms with Crippen molar-refractivity contribution in [3.05, 3.63) is 84.7 Å². The molecule has 34 heavy (non-hydrogen) atoms. The predicted molar refractivity (Wildman–Crippen MR) is 129 cm³/mol. The van der Waals surface area contributed by atoms with E-state index in [0.29, 0.717) is 54.2 Å². The van der Waals surface area contributed by atoms with Gasteiger partial charge in [-0.05, 0) is 42.5 Å². The van der Waals surface area contributed by atoms with E-state index in [2.05, 4.69) is 15.3 Å². The second kappa shape index (κ2) is 9.30. The molecule has 0 radical (unpaired) electrons. The van der Waals surface area contributed by atoms with Crippen LogP contribution in [0.15, 0.2) is 84.0 Å². The fourth-order valence-corrected chi connectivity index (χ4v) is 5.35. The lowest BCUT2D eigenvalue weighted by molar-refractivity contribution is 0.0730. The molecule has 0 saturated carbocycles. The van der Waals surface area contributed by atoms with E-state index in [0.717, 1.165) is 5.56 Å². The number of aromatic nitrogens is 2. The molecule has 2 aromatic carbocycles. The van der Waals surface area contributed by atoms with Crippen molar-refractivity contribution in [2.45, 2.75) is 4.90 Å². The van der Waals surface area contributed by atoms with Gasteiger partial charge >= 0.3 is 0 Å². The van der Waals surface area contributed by atoms with Crippen molar-refractivity contribution in [2.75, 3.05) is 31.6 Å². The highest BCUT2D eigenvalue weighted by atomic mass is 32.2. The maximum absolute atomic E-state index is 13.3. The number of para-hydroxylation sites is 1. The molecular weight excluding hydrogens is 452 g/mol. The fraction of sp³-hybridized carbons (Fsp3) is 0.160. The number of nitrogens with one attached hydrogen (secondary N) is 1. The quantitative estimate of drug-likeness (QED) is 0.475. The molecule has 9 heteroatoms. The second-order valence-electron chi connectivity index (χ2n) is 7.81. The minimum atomic E-state index is -3.68. The highest BCUT2D eigenvalue weighted by Gasteiger charge is 2.26. The summed E-state index contributed by atoms with van der Waals surface area (Å²) in [7, 11) is -3.68. The molecule has 1 aliphatic heterocycles. The van der Waals surface area contributed by atoms with E-state index in [1.54, 1.807) is 30.6 Å². The van der Waals surface area contributed by atoms with E-state index in [-0.39, 0.29) is 10.8 Å². The van der Waals surface area contributed by atoms with Crippen LogP contribution in [0.3, 0.4) is 0 Å². The van der Waals surface area contributed by atoms with Crippen LogP contribution in [0.2, 0.25) is 0 Å². The van der Waals surface area contributed by atoms with Gasteiger partial charge < -0.3 is 10.1 Å². The lowest BCUT2D eigenvalue weighted by Gasteiger charge is -2.26. The zero-order chi connectivity index (χ0) is 23.5. The summed E-state index contributed by atoms with van der Waals surface area (Å²) in [5.74, 6) is -0.357. The molecule has 0 spiro atoms. The van der Waals surface area contributed by atoms with Crippen molar-refractivity contribution in [3.8, 4) is 11.3 Å². The summed E-state index contributed by atoms with van der Waals surface area (Å²) in [5, 5.41) is 3.55. The van der Waals surface area contributed by atoms with Crippen molar-refractivity contribution in [1.29, 1.82) is 0 Å². The van der Waals surface area contributed by atoms with Crippen molar-refractivity contribution in [1.82, 2.24) is 14.3 Å². The summed E-state index contributed by atoms with van der Waals surface area (Å²) < 4.78 is 32.7. The first kappa shape index (κ1) is 22.1. The SMILES string of the molecule is O=C(Nc1cccc(S(=O)(=O)N2CCOCC2)c1)c1cc(-c2cccnc2)nc2ccccc12.